The number of hydrogen-bond donors (Lipinski definition) is 1. The summed E-state index contributed by atoms with van der Waals surface area (Å²) >= 11 is 0. The van der Waals surface area contributed by atoms with Crippen LogP contribution in [0.25, 0.3) is 0 Å². The van der Waals surface area contributed by atoms with Crippen LogP contribution < -0.4 is 4.74 Å². The molecule has 1 aromatic heterocycles. The van der Waals surface area contributed by atoms with Gasteiger partial charge in [-0.15, -0.1) is 0 Å². The molecule has 0 radical (unpaired) electrons. The number of hydrogen-bond acceptors (Lipinski definition) is 3. The minimum Gasteiger partial charge on any atom is -0.478 e. The molecule has 2 rings (SSSR count). The van der Waals surface area contributed by atoms with Crippen LogP contribution in [-0.4, -0.2) is 16.1 Å². The second-order valence-corrected chi connectivity index (χ2v) is 3.57. The highest BCUT2D eigenvalue weighted by atomic mass is 16.5. The Morgan fingerprint density at radius 1 is 1.29 bits per heavy atom. The fourth-order valence-corrected chi connectivity index (χ4v) is 1.42. The standard InChI is InChI=1S/C13H11NO3/c1-9-5-6-11(10(8-9)13(15)16)17-12-4-2-3-7-14-12/h2-8H,1H3,(H,15,16). The third-order valence-electron chi connectivity index (χ3n) is 2.22. The summed E-state index contributed by atoms with van der Waals surface area (Å²) in [6, 6.07) is 10.2. The van der Waals surface area contributed by atoms with Gasteiger partial charge in [0.2, 0.25) is 5.88 Å². The Balaban J connectivity index is 2.36. The summed E-state index contributed by atoms with van der Waals surface area (Å²) in [6.45, 7) is 1.83. The molecule has 0 saturated carbocycles. The molecule has 0 aliphatic heterocycles. The van der Waals surface area contributed by atoms with Crippen molar-refractivity contribution in [2.45, 2.75) is 6.92 Å². The van der Waals surface area contributed by atoms with Gasteiger partial charge < -0.3 is 9.84 Å². The third kappa shape index (κ3) is 2.60. The van der Waals surface area contributed by atoms with Crippen LogP contribution in [0.1, 0.15) is 15.9 Å². The molecule has 0 aliphatic carbocycles. The highest BCUT2D eigenvalue weighted by molar-refractivity contribution is 5.91. The largest absolute Gasteiger partial charge is 0.478 e. The third-order valence-corrected chi connectivity index (χ3v) is 2.22. The van der Waals surface area contributed by atoms with E-state index in [0.29, 0.717) is 11.6 Å². The van der Waals surface area contributed by atoms with E-state index in [1.54, 1.807) is 42.6 Å². The molecule has 1 N–H and O–H groups in total. The molecule has 0 spiro atoms. The minimum atomic E-state index is -1.01. The lowest BCUT2D eigenvalue weighted by atomic mass is 10.1. The topological polar surface area (TPSA) is 59.4 Å². The first-order chi connectivity index (χ1) is 8.16. The summed E-state index contributed by atoms with van der Waals surface area (Å²) in [4.78, 5) is 15.0. The van der Waals surface area contributed by atoms with Crippen molar-refractivity contribution >= 4 is 5.97 Å². The van der Waals surface area contributed by atoms with E-state index < -0.39 is 5.97 Å². The van der Waals surface area contributed by atoms with E-state index in [9.17, 15) is 4.79 Å². The summed E-state index contributed by atoms with van der Waals surface area (Å²) in [7, 11) is 0. The molecule has 17 heavy (non-hydrogen) atoms. The Hall–Kier alpha value is -2.36. The molecule has 86 valence electrons. The van der Waals surface area contributed by atoms with Gasteiger partial charge in [0.05, 0.1) is 0 Å². The van der Waals surface area contributed by atoms with Crippen molar-refractivity contribution < 1.29 is 14.6 Å². The van der Waals surface area contributed by atoms with Gasteiger partial charge in [0.25, 0.3) is 0 Å². The number of carboxylic acids is 1. The second kappa shape index (κ2) is 4.65. The molecule has 0 saturated heterocycles. The van der Waals surface area contributed by atoms with Crippen molar-refractivity contribution in [3.8, 4) is 11.6 Å². The van der Waals surface area contributed by atoms with Crippen LogP contribution in [-0.2, 0) is 0 Å². The Morgan fingerprint density at radius 2 is 2.12 bits per heavy atom. The average Bonchev–Trinajstić information content (AvgIpc) is 2.32. The van der Waals surface area contributed by atoms with Gasteiger partial charge in [0.1, 0.15) is 11.3 Å². The van der Waals surface area contributed by atoms with Gasteiger partial charge in [0, 0.05) is 12.3 Å². The van der Waals surface area contributed by atoms with E-state index in [1.807, 2.05) is 6.92 Å². The number of ether oxygens (including phenoxy) is 1. The zero-order chi connectivity index (χ0) is 12.3. The highest BCUT2D eigenvalue weighted by Gasteiger charge is 2.12. The summed E-state index contributed by atoms with van der Waals surface area (Å²) in [5, 5.41) is 9.07. The zero-order valence-corrected chi connectivity index (χ0v) is 9.25. The van der Waals surface area contributed by atoms with Crippen LogP contribution in [0, 0.1) is 6.92 Å². The van der Waals surface area contributed by atoms with Gasteiger partial charge in [-0.2, -0.15) is 0 Å². The molecule has 4 heteroatoms. The van der Waals surface area contributed by atoms with Crippen LogP contribution in [0.15, 0.2) is 42.6 Å². The van der Waals surface area contributed by atoms with Gasteiger partial charge in [-0.3, -0.25) is 0 Å². The van der Waals surface area contributed by atoms with Gasteiger partial charge in [-0.05, 0) is 25.1 Å². The van der Waals surface area contributed by atoms with E-state index in [2.05, 4.69) is 4.98 Å². The molecular weight excluding hydrogens is 218 g/mol. The van der Waals surface area contributed by atoms with Gasteiger partial charge in [-0.1, -0.05) is 17.7 Å². The Labute approximate surface area is 98.5 Å². The fourth-order valence-electron chi connectivity index (χ4n) is 1.42. The number of aromatic carboxylic acids is 1. The van der Waals surface area contributed by atoms with Crippen LogP contribution in [0.2, 0.25) is 0 Å². The highest BCUT2D eigenvalue weighted by Crippen LogP contribution is 2.24. The van der Waals surface area contributed by atoms with Gasteiger partial charge in [-0.25, -0.2) is 9.78 Å². The van der Waals surface area contributed by atoms with E-state index in [4.69, 9.17) is 9.84 Å². The molecule has 0 aliphatic rings. The first-order valence-corrected chi connectivity index (χ1v) is 5.09. The van der Waals surface area contributed by atoms with Crippen molar-refractivity contribution in [2.75, 3.05) is 0 Å². The lowest BCUT2D eigenvalue weighted by Crippen LogP contribution is -2.01. The lowest BCUT2D eigenvalue weighted by molar-refractivity contribution is 0.0694. The number of rotatable bonds is 3. The molecule has 0 atom stereocenters. The quantitative estimate of drug-likeness (QED) is 0.879. The first kappa shape index (κ1) is 11.1. The van der Waals surface area contributed by atoms with Crippen molar-refractivity contribution in [1.29, 1.82) is 0 Å². The summed E-state index contributed by atoms with van der Waals surface area (Å²) in [6.07, 6.45) is 1.59. The molecule has 0 unspecified atom stereocenters. The summed E-state index contributed by atoms with van der Waals surface area (Å²) < 4.78 is 5.43. The number of aryl methyl sites for hydroxylation is 1. The average molecular weight is 229 g/mol. The first-order valence-electron chi connectivity index (χ1n) is 5.09. The second-order valence-electron chi connectivity index (χ2n) is 3.57. The van der Waals surface area contributed by atoms with Gasteiger partial charge >= 0.3 is 5.97 Å². The normalized spacial score (nSPS) is 9.94. The molecule has 1 heterocycles. The summed E-state index contributed by atoms with van der Waals surface area (Å²) in [5.41, 5.74) is 1.01. The monoisotopic (exact) mass is 229 g/mol. The maximum Gasteiger partial charge on any atom is 0.339 e. The Bertz CT molecular complexity index is 538. The maximum atomic E-state index is 11.1. The fraction of sp³-hybridized carbons (Fsp3) is 0.0769. The van der Waals surface area contributed by atoms with Crippen LogP contribution in [0.5, 0.6) is 11.6 Å². The van der Waals surface area contributed by atoms with Crippen LogP contribution >= 0.6 is 0 Å². The molecule has 0 amide bonds. The Kier molecular flexibility index (Phi) is 3.05. The predicted molar refractivity (Wildman–Crippen MR) is 62.4 cm³/mol. The number of carbonyl (C=O) groups is 1. The SMILES string of the molecule is Cc1ccc(Oc2ccccn2)c(C(=O)O)c1. The molecular formula is C13H11NO3. The van der Waals surface area contributed by atoms with Crippen molar-refractivity contribution in [3.05, 3.63) is 53.7 Å². The zero-order valence-electron chi connectivity index (χ0n) is 9.25. The predicted octanol–water partition coefficient (Wildman–Crippen LogP) is 2.88. The smallest absolute Gasteiger partial charge is 0.339 e. The number of pyridine rings is 1. The molecule has 2 aromatic rings. The van der Waals surface area contributed by atoms with E-state index >= 15 is 0 Å². The molecule has 0 fully saturated rings. The van der Waals surface area contributed by atoms with E-state index in [-0.39, 0.29) is 5.56 Å². The molecule has 0 bridgehead atoms. The van der Waals surface area contributed by atoms with Crippen LogP contribution in [0.3, 0.4) is 0 Å². The number of aromatic nitrogens is 1. The minimum absolute atomic E-state index is 0.135. The van der Waals surface area contributed by atoms with E-state index in [1.165, 1.54) is 0 Å². The van der Waals surface area contributed by atoms with Gasteiger partial charge in [0.15, 0.2) is 0 Å². The Morgan fingerprint density at radius 3 is 2.76 bits per heavy atom. The van der Waals surface area contributed by atoms with E-state index in [0.717, 1.165) is 5.56 Å². The molecule has 4 nitrogen and oxygen atoms in total. The summed E-state index contributed by atoms with van der Waals surface area (Å²) in [5.74, 6) is -0.347. The number of nitrogens with zero attached hydrogens (tertiary/aromatic N) is 1. The van der Waals surface area contributed by atoms with Crippen molar-refractivity contribution in [2.24, 2.45) is 0 Å². The van der Waals surface area contributed by atoms with Crippen LogP contribution in [0.4, 0.5) is 0 Å². The van der Waals surface area contributed by atoms with Crippen molar-refractivity contribution in [1.82, 2.24) is 4.98 Å². The number of benzene rings is 1. The molecule has 1 aromatic carbocycles. The number of carboxylic acid groups (broad SMARTS) is 1. The van der Waals surface area contributed by atoms with Crippen molar-refractivity contribution in [3.63, 3.8) is 0 Å². The lowest BCUT2D eigenvalue weighted by Gasteiger charge is -2.08. The maximum absolute atomic E-state index is 11.1.